The Bertz CT molecular complexity index is 274. The monoisotopic (exact) mass is 229 g/mol. The molecule has 5 nitrogen and oxygen atoms in total. The van der Waals surface area contributed by atoms with E-state index in [2.05, 4.69) is 5.32 Å². The van der Waals surface area contributed by atoms with E-state index in [0.717, 1.165) is 0 Å². The molecule has 0 aliphatic heterocycles. The normalized spacial score (nSPS) is 14.1. The first-order chi connectivity index (χ1) is 6.93. The zero-order valence-electron chi connectivity index (χ0n) is 11.0. The molecule has 1 unspecified atom stereocenters. The van der Waals surface area contributed by atoms with Crippen LogP contribution in [0.2, 0.25) is 0 Å². The predicted molar refractivity (Wildman–Crippen MR) is 64.5 cm³/mol. The Labute approximate surface area is 97.2 Å². The van der Waals surface area contributed by atoms with Gasteiger partial charge in [0.05, 0.1) is 6.04 Å². The van der Waals surface area contributed by atoms with Crippen LogP contribution in [-0.2, 0) is 4.74 Å². The Morgan fingerprint density at radius 2 is 1.69 bits per heavy atom. The molecule has 0 fully saturated rings. The molecule has 0 saturated heterocycles. The standard InChI is InChI=1S/C11H23N3O2/c1-10(2,3)7(8(12)13)14-9(15)16-11(4,5)6/h7H,1-6H3,(H3,12,13)(H,14,15). The van der Waals surface area contributed by atoms with Gasteiger partial charge < -0.3 is 15.8 Å². The molecule has 1 atom stereocenters. The van der Waals surface area contributed by atoms with Crippen LogP contribution in [0.4, 0.5) is 4.79 Å². The lowest BCUT2D eigenvalue weighted by Crippen LogP contribution is -2.52. The summed E-state index contributed by atoms with van der Waals surface area (Å²) in [6.45, 7) is 11.1. The van der Waals surface area contributed by atoms with Crippen LogP contribution in [0.1, 0.15) is 41.5 Å². The van der Waals surface area contributed by atoms with Crippen molar-refractivity contribution in [3.63, 3.8) is 0 Å². The number of amidine groups is 1. The average molecular weight is 229 g/mol. The van der Waals surface area contributed by atoms with E-state index in [0.29, 0.717) is 0 Å². The van der Waals surface area contributed by atoms with E-state index in [1.54, 1.807) is 20.8 Å². The molecule has 0 heterocycles. The average Bonchev–Trinajstić information content (AvgIpc) is 1.93. The molecule has 0 aliphatic rings. The minimum Gasteiger partial charge on any atom is -0.444 e. The van der Waals surface area contributed by atoms with Crippen molar-refractivity contribution in [2.75, 3.05) is 0 Å². The van der Waals surface area contributed by atoms with Gasteiger partial charge in [-0.1, -0.05) is 20.8 Å². The Balaban J connectivity index is 4.56. The molecule has 1 amide bonds. The summed E-state index contributed by atoms with van der Waals surface area (Å²) in [5.41, 5.74) is 4.58. The quantitative estimate of drug-likeness (QED) is 0.499. The van der Waals surface area contributed by atoms with Gasteiger partial charge >= 0.3 is 6.09 Å². The molecule has 0 bridgehead atoms. The molecule has 0 aromatic carbocycles. The Morgan fingerprint density at radius 1 is 1.25 bits per heavy atom. The third-order valence-corrected chi connectivity index (χ3v) is 1.84. The number of carbonyl (C=O) groups is 1. The summed E-state index contributed by atoms with van der Waals surface area (Å²) in [6, 6.07) is -0.526. The summed E-state index contributed by atoms with van der Waals surface area (Å²) in [4.78, 5) is 11.5. The number of ether oxygens (including phenoxy) is 1. The van der Waals surface area contributed by atoms with Crippen molar-refractivity contribution in [2.24, 2.45) is 11.1 Å². The van der Waals surface area contributed by atoms with Crippen molar-refractivity contribution in [3.8, 4) is 0 Å². The number of carbonyl (C=O) groups excluding carboxylic acids is 1. The first kappa shape index (κ1) is 14.7. The summed E-state index contributed by atoms with van der Waals surface area (Å²) >= 11 is 0. The van der Waals surface area contributed by atoms with E-state index in [1.807, 2.05) is 20.8 Å². The third-order valence-electron chi connectivity index (χ3n) is 1.84. The van der Waals surface area contributed by atoms with Crippen molar-refractivity contribution >= 4 is 11.9 Å². The Kier molecular flexibility index (Phi) is 4.35. The van der Waals surface area contributed by atoms with Crippen LogP contribution < -0.4 is 11.1 Å². The van der Waals surface area contributed by atoms with E-state index in [4.69, 9.17) is 15.9 Å². The minimum absolute atomic E-state index is 0.0710. The van der Waals surface area contributed by atoms with Gasteiger partial charge in [-0.2, -0.15) is 0 Å². The first-order valence-corrected chi connectivity index (χ1v) is 5.27. The second kappa shape index (κ2) is 4.72. The third kappa shape index (κ3) is 5.58. The molecule has 0 aliphatic carbocycles. The lowest BCUT2D eigenvalue weighted by molar-refractivity contribution is 0.0490. The van der Waals surface area contributed by atoms with Gasteiger partial charge in [-0.05, 0) is 26.2 Å². The molecule has 0 spiro atoms. The highest BCUT2D eigenvalue weighted by molar-refractivity contribution is 5.87. The van der Waals surface area contributed by atoms with Gasteiger partial charge in [0.2, 0.25) is 0 Å². The topological polar surface area (TPSA) is 88.2 Å². The van der Waals surface area contributed by atoms with Crippen LogP contribution in [0, 0.1) is 10.8 Å². The van der Waals surface area contributed by atoms with Crippen LogP contribution in [0.15, 0.2) is 0 Å². The number of alkyl carbamates (subject to hydrolysis) is 1. The molecular weight excluding hydrogens is 206 g/mol. The predicted octanol–water partition coefficient (Wildman–Crippen LogP) is 1.86. The summed E-state index contributed by atoms with van der Waals surface area (Å²) in [7, 11) is 0. The number of nitrogens with one attached hydrogen (secondary N) is 2. The molecule has 5 heteroatoms. The highest BCUT2D eigenvalue weighted by atomic mass is 16.6. The van der Waals surface area contributed by atoms with E-state index in [1.165, 1.54) is 0 Å². The van der Waals surface area contributed by atoms with Crippen LogP contribution in [-0.4, -0.2) is 23.6 Å². The van der Waals surface area contributed by atoms with Crippen LogP contribution in [0.25, 0.3) is 0 Å². The molecule has 0 rings (SSSR count). The maximum Gasteiger partial charge on any atom is 0.408 e. The molecule has 0 aromatic rings. The highest BCUT2D eigenvalue weighted by Crippen LogP contribution is 2.19. The Hall–Kier alpha value is -1.26. The van der Waals surface area contributed by atoms with Crippen molar-refractivity contribution in [2.45, 2.75) is 53.2 Å². The number of amides is 1. The van der Waals surface area contributed by atoms with Gasteiger partial charge in [-0.3, -0.25) is 5.41 Å². The fraction of sp³-hybridized carbons (Fsp3) is 0.818. The number of nitrogens with two attached hydrogens (primary N) is 1. The lowest BCUT2D eigenvalue weighted by Gasteiger charge is -2.31. The minimum atomic E-state index is -0.553. The smallest absolute Gasteiger partial charge is 0.408 e. The summed E-state index contributed by atoms with van der Waals surface area (Å²) in [5.74, 6) is -0.0710. The molecule has 94 valence electrons. The molecule has 16 heavy (non-hydrogen) atoms. The van der Waals surface area contributed by atoms with Gasteiger partial charge in [0.25, 0.3) is 0 Å². The van der Waals surface area contributed by atoms with Crippen molar-refractivity contribution in [1.82, 2.24) is 5.32 Å². The highest BCUT2D eigenvalue weighted by Gasteiger charge is 2.30. The maximum atomic E-state index is 11.5. The van der Waals surface area contributed by atoms with Gasteiger partial charge in [0.1, 0.15) is 11.4 Å². The maximum absolute atomic E-state index is 11.5. The Morgan fingerprint density at radius 3 is 1.94 bits per heavy atom. The first-order valence-electron chi connectivity index (χ1n) is 5.27. The van der Waals surface area contributed by atoms with E-state index < -0.39 is 17.7 Å². The molecule has 0 aromatic heterocycles. The SMILES string of the molecule is CC(C)(C)OC(=O)NC(C(=N)N)C(C)(C)C. The lowest BCUT2D eigenvalue weighted by atomic mass is 9.86. The molecular formula is C11H23N3O2. The summed E-state index contributed by atoms with van der Waals surface area (Å²) in [5, 5.41) is 10.0. The zero-order chi connectivity index (χ0) is 13.1. The van der Waals surface area contributed by atoms with Crippen molar-refractivity contribution < 1.29 is 9.53 Å². The van der Waals surface area contributed by atoms with Crippen molar-refractivity contribution in [1.29, 1.82) is 5.41 Å². The molecule has 0 radical (unpaired) electrons. The van der Waals surface area contributed by atoms with Gasteiger partial charge in [0.15, 0.2) is 0 Å². The summed E-state index contributed by atoms with van der Waals surface area (Å²) in [6.07, 6.45) is -0.553. The van der Waals surface area contributed by atoms with Gasteiger partial charge in [0, 0.05) is 0 Å². The van der Waals surface area contributed by atoms with Crippen LogP contribution in [0.5, 0.6) is 0 Å². The number of hydrogen-bond donors (Lipinski definition) is 3. The largest absolute Gasteiger partial charge is 0.444 e. The van der Waals surface area contributed by atoms with Gasteiger partial charge in [-0.15, -0.1) is 0 Å². The van der Waals surface area contributed by atoms with E-state index >= 15 is 0 Å². The van der Waals surface area contributed by atoms with Crippen LogP contribution >= 0.6 is 0 Å². The molecule has 4 N–H and O–H groups in total. The zero-order valence-corrected chi connectivity index (χ0v) is 11.0. The van der Waals surface area contributed by atoms with Gasteiger partial charge in [-0.25, -0.2) is 4.79 Å². The van der Waals surface area contributed by atoms with Crippen molar-refractivity contribution in [3.05, 3.63) is 0 Å². The fourth-order valence-electron chi connectivity index (χ4n) is 1.19. The second-order valence-electron chi connectivity index (χ2n) is 5.90. The fourth-order valence-corrected chi connectivity index (χ4v) is 1.19. The summed E-state index contributed by atoms with van der Waals surface area (Å²) < 4.78 is 5.11. The van der Waals surface area contributed by atoms with E-state index in [-0.39, 0.29) is 11.3 Å². The number of rotatable bonds is 2. The molecule has 0 saturated carbocycles. The van der Waals surface area contributed by atoms with Crippen LogP contribution in [0.3, 0.4) is 0 Å². The van der Waals surface area contributed by atoms with E-state index in [9.17, 15) is 4.79 Å². The second-order valence-corrected chi connectivity index (χ2v) is 5.90. The number of hydrogen-bond acceptors (Lipinski definition) is 3.